The van der Waals surface area contributed by atoms with Crippen molar-refractivity contribution in [2.75, 3.05) is 38.8 Å². The first kappa shape index (κ1) is 22.4. The van der Waals surface area contributed by atoms with Crippen molar-refractivity contribution in [2.24, 2.45) is 4.99 Å². The average molecular weight is 451 g/mol. The van der Waals surface area contributed by atoms with Crippen LogP contribution in [0.1, 0.15) is 24.5 Å². The molecule has 0 amide bonds. The minimum atomic E-state index is 0. The Morgan fingerprint density at radius 3 is 2.74 bits per heavy atom. The summed E-state index contributed by atoms with van der Waals surface area (Å²) in [5.41, 5.74) is 2.44. The van der Waals surface area contributed by atoms with Crippen molar-refractivity contribution in [1.29, 1.82) is 0 Å². The number of rotatable bonds is 9. The fourth-order valence-electron chi connectivity index (χ4n) is 2.09. The van der Waals surface area contributed by atoms with Crippen molar-refractivity contribution in [3.05, 3.63) is 29.3 Å². The Balaban J connectivity index is 0.00000484. The second-order valence-electron chi connectivity index (χ2n) is 5.09. The lowest BCUT2D eigenvalue weighted by molar-refractivity contribution is 0.411. The van der Waals surface area contributed by atoms with E-state index in [1.165, 1.54) is 11.1 Å². The molecular formula is C17H30IN3OS. The number of aryl methyl sites for hydroxylation is 1. The van der Waals surface area contributed by atoms with Crippen molar-refractivity contribution in [3.63, 3.8) is 0 Å². The molecule has 0 aromatic heterocycles. The molecule has 132 valence electrons. The predicted molar refractivity (Wildman–Crippen MR) is 114 cm³/mol. The summed E-state index contributed by atoms with van der Waals surface area (Å²) >= 11 is 1.86. The van der Waals surface area contributed by atoms with Gasteiger partial charge in [-0.1, -0.05) is 12.1 Å². The minimum Gasteiger partial charge on any atom is -0.496 e. The molecule has 0 unspecified atom stereocenters. The maximum atomic E-state index is 5.37. The highest BCUT2D eigenvalue weighted by Crippen LogP contribution is 2.18. The van der Waals surface area contributed by atoms with Gasteiger partial charge in [0.15, 0.2) is 5.96 Å². The summed E-state index contributed by atoms with van der Waals surface area (Å²) in [5, 5.41) is 6.67. The number of hydrogen-bond acceptors (Lipinski definition) is 3. The molecule has 0 spiro atoms. The van der Waals surface area contributed by atoms with Crippen LogP contribution < -0.4 is 15.4 Å². The molecule has 4 nitrogen and oxygen atoms in total. The number of nitrogens with one attached hydrogen (secondary N) is 2. The molecule has 0 bridgehead atoms. The molecule has 1 rings (SSSR count). The summed E-state index contributed by atoms with van der Waals surface area (Å²) in [6.45, 7) is 6.76. The van der Waals surface area contributed by atoms with E-state index in [0.717, 1.165) is 49.9 Å². The predicted octanol–water partition coefficient (Wildman–Crippen LogP) is 3.47. The monoisotopic (exact) mass is 451 g/mol. The highest BCUT2D eigenvalue weighted by molar-refractivity contribution is 14.0. The summed E-state index contributed by atoms with van der Waals surface area (Å²) in [4.78, 5) is 4.59. The molecule has 1 aromatic rings. The highest BCUT2D eigenvalue weighted by atomic mass is 127. The second-order valence-corrected chi connectivity index (χ2v) is 6.07. The number of halogens is 1. The fraction of sp³-hybridized carbons (Fsp3) is 0.588. The minimum absolute atomic E-state index is 0. The molecule has 0 heterocycles. The van der Waals surface area contributed by atoms with Crippen LogP contribution in [0.25, 0.3) is 0 Å². The van der Waals surface area contributed by atoms with Gasteiger partial charge in [0.25, 0.3) is 0 Å². The molecule has 0 aliphatic rings. The van der Waals surface area contributed by atoms with Crippen LogP contribution in [0.4, 0.5) is 0 Å². The molecule has 6 heteroatoms. The average Bonchev–Trinajstić information content (AvgIpc) is 2.53. The molecule has 0 saturated heterocycles. The van der Waals surface area contributed by atoms with E-state index in [9.17, 15) is 0 Å². The Hall–Kier alpha value is -0.630. The number of benzene rings is 1. The number of methoxy groups -OCH3 is 1. The lowest BCUT2D eigenvalue weighted by atomic mass is 10.1. The summed E-state index contributed by atoms with van der Waals surface area (Å²) in [6.07, 6.45) is 4.20. The number of thioether (sulfide) groups is 1. The lowest BCUT2D eigenvalue weighted by Gasteiger charge is -2.12. The third-order valence-electron chi connectivity index (χ3n) is 3.30. The zero-order valence-electron chi connectivity index (χ0n) is 14.6. The van der Waals surface area contributed by atoms with Gasteiger partial charge in [-0.3, -0.25) is 4.99 Å². The third-order valence-corrected chi connectivity index (χ3v) is 4.00. The van der Waals surface area contributed by atoms with Gasteiger partial charge in [-0.25, -0.2) is 0 Å². The van der Waals surface area contributed by atoms with Crippen LogP contribution in [0.5, 0.6) is 5.75 Å². The summed E-state index contributed by atoms with van der Waals surface area (Å²) in [7, 11) is 1.72. The van der Waals surface area contributed by atoms with Crippen molar-refractivity contribution >= 4 is 41.7 Å². The van der Waals surface area contributed by atoms with Crippen molar-refractivity contribution in [2.45, 2.75) is 26.7 Å². The number of nitrogens with zero attached hydrogens (tertiary/aromatic N) is 1. The molecule has 0 radical (unpaired) electrons. The van der Waals surface area contributed by atoms with Crippen LogP contribution in [0.3, 0.4) is 0 Å². The molecule has 2 N–H and O–H groups in total. The molecule has 0 atom stereocenters. The van der Waals surface area contributed by atoms with E-state index in [4.69, 9.17) is 4.74 Å². The Morgan fingerprint density at radius 1 is 1.30 bits per heavy atom. The topological polar surface area (TPSA) is 45.7 Å². The standard InChI is InChI=1S/C17H29N3OS.HI/c1-5-18-17(19-10-6-12-22-4)20-11-9-15-8-7-14(2)16(13-15)21-3;/h7-8,13H,5-6,9-12H2,1-4H3,(H2,18,19,20);1H. The van der Waals surface area contributed by atoms with E-state index in [1.807, 2.05) is 11.8 Å². The maximum absolute atomic E-state index is 5.37. The van der Waals surface area contributed by atoms with E-state index in [-0.39, 0.29) is 24.0 Å². The van der Waals surface area contributed by atoms with Gasteiger partial charge in [-0.15, -0.1) is 24.0 Å². The first-order valence-electron chi connectivity index (χ1n) is 7.85. The highest BCUT2D eigenvalue weighted by Gasteiger charge is 2.01. The van der Waals surface area contributed by atoms with Crippen molar-refractivity contribution < 1.29 is 4.74 Å². The van der Waals surface area contributed by atoms with Crippen LogP contribution >= 0.6 is 35.7 Å². The quantitative estimate of drug-likeness (QED) is 0.261. The van der Waals surface area contributed by atoms with Crippen LogP contribution in [-0.4, -0.2) is 44.7 Å². The normalized spacial score (nSPS) is 10.9. The Labute approximate surface area is 162 Å². The molecule has 0 aliphatic carbocycles. The van der Waals surface area contributed by atoms with E-state index in [0.29, 0.717) is 0 Å². The molecule has 1 aromatic carbocycles. The SMILES string of the molecule is CCNC(=NCCCSC)NCCc1ccc(C)c(OC)c1.I. The summed E-state index contributed by atoms with van der Waals surface area (Å²) in [5.74, 6) is 3.02. The maximum Gasteiger partial charge on any atom is 0.191 e. The third kappa shape index (κ3) is 9.30. The zero-order chi connectivity index (χ0) is 16.2. The smallest absolute Gasteiger partial charge is 0.191 e. The van der Waals surface area contributed by atoms with Gasteiger partial charge in [0.05, 0.1) is 7.11 Å². The van der Waals surface area contributed by atoms with E-state index < -0.39 is 0 Å². The van der Waals surface area contributed by atoms with E-state index in [2.05, 4.69) is 53.9 Å². The van der Waals surface area contributed by atoms with Gasteiger partial charge in [0.1, 0.15) is 5.75 Å². The van der Waals surface area contributed by atoms with Gasteiger partial charge in [0.2, 0.25) is 0 Å². The fourth-order valence-corrected chi connectivity index (χ4v) is 2.50. The van der Waals surface area contributed by atoms with Crippen LogP contribution in [0.15, 0.2) is 23.2 Å². The van der Waals surface area contributed by atoms with Crippen molar-refractivity contribution in [3.8, 4) is 5.75 Å². The van der Waals surface area contributed by atoms with Crippen LogP contribution in [-0.2, 0) is 6.42 Å². The lowest BCUT2D eigenvalue weighted by Crippen LogP contribution is -2.38. The first-order valence-corrected chi connectivity index (χ1v) is 9.25. The number of ether oxygens (including phenoxy) is 1. The molecule has 0 saturated carbocycles. The van der Waals surface area contributed by atoms with Gasteiger partial charge in [-0.05, 0) is 55.9 Å². The summed E-state index contributed by atoms with van der Waals surface area (Å²) in [6, 6.07) is 6.37. The Morgan fingerprint density at radius 2 is 2.09 bits per heavy atom. The number of hydrogen-bond donors (Lipinski definition) is 2. The zero-order valence-corrected chi connectivity index (χ0v) is 17.8. The van der Waals surface area contributed by atoms with E-state index >= 15 is 0 Å². The Bertz CT molecular complexity index is 469. The van der Waals surface area contributed by atoms with Gasteiger partial charge >= 0.3 is 0 Å². The number of aliphatic imine (C=N–C) groups is 1. The second kappa shape index (κ2) is 13.8. The molecule has 0 aliphatic heterocycles. The molecule has 23 heavy (non-hydrogen) atoms. The summed E-state index contributed by atoms with van der Waals surface area (Å²) < 4.78 is 5.37. The van der Waals surface area contributed by atoms with Crippen molar-refractivity contribution in [1.82, 2.24) is 10.6 Å². The van der Waals surface area contributed by atoms with Gasteiger partial charge in [-0.2, -0.15) is 11.8 Å². The largest absolute Gasteiger partial charge is 0.496 e. The van der Waals surface area contributed by atoms with Gasteiger partial charge < -0.3 is 15.4 Å². The molecular weight excluding hydrogens is 421 g/mol. The van der Waals surface area contributed by atoms with Crippen LogP contribution in [0, 0.1) is 6.92 Å². The van der Waals surface area contributed by atoms with Crippen LogP contribution in [0.2, 0.25) is 0 Å². The van der Waals surface area contributed by atoms with Gasteiger partial charge in [0, 0.05) is 19.6 Å². The first-order chi connectivity index (χ1) is 10.7. The number of guanidine groups is 1. The Kier molecular flexibility index (Phi) is 13.4. The molecule has 0 fully saturated rings. The van der Waals surface area contributed by atoms with E-state index in [1.54, 1.807) is 7.11 Å².